The van der Waals surface area contributed by atoms with Crippen LogP contribution in [0.4, 0.5) is 5.69 Å². The lowest BCUT2D eigenvalue weighted by Gasteiger charge is -2.34. The van der Waals surface area contributed by atoms with Crippen LogP contribution in [0.3, 0.4) is 0 Å². The molecule has 3 heterocycles. The lowest BCUT2D eigenvalue weighted by molar-refractivity contribution is -0.163. The molecule has 2 amide bonds. The topological polar surface area (TPSA) is 96.4 Å². The maximum absolute atomic E-state index is 13.7. The van der Waals surface area contributed by atoms with Crippen LogP contribution in [0.15, 0.2) is 53.6 Å². The number of anilines is 1. The van der Waals surface area contributed by atoms with Crippen molar-refractivity contribution in [3.63, 3.8) is 0 Å². The number of nitrogens with zero attached hydrogens (tertiary/aromatic N) is 3. The van der Waals surface area contributed by atoms with Crippen molar-refractivity contribution in [3.8, 4) is 0 Å². The van der Waals surface area contributed by atoms with Crippen molar-refractivity contribution in [2.24, 2.45) is 16.9 Å². The Kier molecular flexibility index (Phi) is 4.93. The molecule has 34 heavy (non-hydrogen) atoms. The van der Waals surface area contributed by atoms with Gasteiger partial charge < -0.3 is 4.74 Å². The summed E-state index contributed by atoms with van der Waals surface area (Å²) in [7, 11) is 0. The zero-order valence-electron chi connectivity index (χ0n) is 19.4. The molecule has 0 N–H and O–H groups in total. The molecule has 0 saturated carbocycles. The van der Waals surface area contributed by atoms with Gasteiger partial charge in [-0.1, -0.05) is 24.3 Å². The van der Waals surface area contributed by atoms with E-state index in [-0.39, 0.29) is 5.78 Å². The monoisotopic (exact) mass is 459 g/mol. The van der Waals surface area contributed by atoms with Gasteiger partial charge in [0.15, 0.2) is 11.8 Å². The molecule has 3 aliphatic heterocycles. The zero-order valence-corrected chi connectivity index (χ0v) is 19.4. The summed E-state index contributed by atoms with van der Waals surface area (Å²) < 4.78 is 5.66. The Morgan fingerprint density at radius 1 is 0.941 bits per heavy atom. The number of Topliss-reactive ketones (excluding diaryl/α,β-unsaturated/α-hetero) is 1. The van der Waals surface area contributed by atoms with Gasteiger partial charge in [0.1, 0.15) is 5.60 Å². The summed E-state index contributed by atoms with van der Waals surface area (Å²) in [5, 5.41) is 6.06. The fourth-order valence-corrected chi connectivity index (χ4v) is 5.10. The third kappa shape index (κ3) is 3.32. The molecule has 0 radical (unpaired) electrons. The first-order valence-corrected chi connectivity index (χ1v) is 11.2. The number of ketones is 1. The minimum absolute atomic E-state index is 0.111. The second-order valence-electron chi connectivity index (χ2n) is 9.84. The standard InChI is InChI=1S/C26H25N3O5/c1-14(30)15-9-11-17(12-10-15)28-23(31)19-20(24(28)32)22(25(33)34-26(2,3)4)29-21(19)18-8-6-5-7-16(18)13-27-29/h5-13,19-22H,1-4H3/t19-,20-,21-,22+/m1/s1. The largest absolute Gasteiger partial charge is 0.458 e. The summed E-state index contributed by atoms with van der Waals surface area (Å²) in [5.41, 5.74) is 1.77. The van der Waals surface area contributed by atoms with E-state index in [1.807, 2.05) is 24.3 Å². The number of imide groups is 1. The Hall–Kier alpha value is -3.81. The van der Waals surface area contributed by atoms with Crippen molar-refractivity contribution in [2.75, 3.05) is 4.90 Å². The maximum Gasteiger partial charge on any atom is 0.331 e. The first kappa shape index (κ1) is 22.0. The number of hydrogen-bond donors (Lipinski definition) is 0. The van der Waals surface area contributed by atoms with Crippen LogP contribution < -0.4 is 4.90 Å². The predicted octanol–water partition coefficient (Wildman–Crippen LogP) is 3.11. The molecule has 0 unspecified atom stereocenters. The molecule has 2 aromatic rings. The third-order valence-electron chi connectivity index (χ3n) is 6.47. The van der Waals surface area contributed by atoms with Crippen molar-refractivity contribution in [2.45, 2.75) is 45.4 Å². The van der Waals surface area contributed by atoms with E-state index in [9.17, 15) is 19.2 Å². The summed E-state index contributed by atoms with van der Waals surface area (Å²) in [6, 6.07) is 12.3. The number of esters is 1. The first-order valence-electron chi connectivity index (χ1n) is 11.2. The van der Waals surface area contributed by atoms with Crippen LogP contribution in [0, 0.1) is 11.8 Å². The summed E-state index contributed by atoms with van der Waals surface area (Å²) in [4.78, 5) is 53.6. The van der Waals surface area contributed by atoms with Gasteiger partial charge in [-0.15, -0.1) is 0 Å². The molecule has 0 spiro atoms. The van der Waals surface area contributed by atoms with Crippen LogP contribution in [-0.2, 0) is 19.1 Å². The second-order valence-corrected chi connectivity index (χ2v) is 9.84. The van der Waals surface area contributed by atoms with Gasteiger partial charge >= 0.3 is 5.97 Å². The van der Waals surface area contributed by atoms with Crippen LogP contribution in [-0.4, -0.2) is 46.4 Å². The van der Waals surface area contributed by atoms with Crippen LogP contribution >= 0.6 is 0 Å². The van der Waals surface area contributed by atoms with Gasteiger partial charge in [0.25, 0.3) is 0 Å². The average Bonchev–Trinajstić information content (AvgIpc) is 3.25. The van der Waals surface area contributed by atoms with Gasteiger partial charge in [0.05, 0.1) is 29.8 Å². The van der Waals surface area contributed by atoms with Crippen LogP contribution in [0.25, 0.3) is 0 Å². The highest BCUT2D eigenvalue weighted by Crippen LogP contribution is 2.52. The molecule has 0 aromatic heterocycles. The van der Waals surface area contributed by atoms with E-state index in [2.05, 4.69) is 5.10 Å². The number of amides is 2. The normalized spacial score (nSPS) is 25.2. The average molecular weight is 460 g/mol. The quantitative estimate of drug-likeness (QED) is 0.398. The lowest BCUT2D eigenvalue weighted by Crippen LogP contribution is -2.46. The third-order valence-corrected chi connectivity index (χ3v) is 6.47. The number of rotatable bonds is 3. The van der Waals surface area contributed by atoms with Crippen molar-refractivity contribution in [1.82, 2.24) is 5.01 Å². The predicted molar refractivity (Wildman–Crippen MR) is 124 cm³/mol. The Labute approximate surface area is 197 Å². The van der Waals surface area contributed by atoms with Gasteiger partial charge in [-0.2, -0.15) is 5.10 Å². The smallest absolute Gasteiger partial charge is 0.331 e. The molecule has 2 saturated heterocycles. The molecule has 174 valence electrons. The highest BCUT2D eigenvalue weighted by Gasteiger charge is 2.66. The highest BCUT2D eigenvalue weighted by atomic mass is 16.6. The fraction of sp³-hybridized carbons (Fsp3) is 0.346. The Balaban J connectivity index is 1.60. The molecule has 0 aliphatic carbocycles. The molecule has 0 bridgehead atoms. The highest BCUT2D eigenvalue weighted by molar-refractivity contribution is 6.24. The number of hydrazone groups is 1. The van der Waals surface area contributed by atoms with E-state index in [1.54, 1.807) is 56.3 Å². The van der Waals surface area contributed by atoms with E-state index >= 15 is 0 Å². The van der Waals surface area contributed by atoms with E-state index in [1.165, 1.54) is 6.92 Å². The molecular formula is C26H25N3O5. The van der Waals surface area contributed by atoms with E-state index < -0.39 is 47.3 Å². The van der Waals surface area contributed by atoms with Gasteiger partial charge in [0.2, 0.25) is 11.8 Å². The molecule has 5 rings (SSSR count). The first-order chi connectivity index (χ1) is 16.1. The number of carbonyl (C=O) groups excluding carboxylic acids is 4. The number of carbonyl (C=O) groups is 4. The summed E-state index contributed by atoms with van der Waals surface area (Å²) >= 11 is 0. The molecule has 2 aromatic carbocycles. The Morgan fingerprint density at radius 2 is 1.59 bits per heavy atom. The minimum atomic E-state index is -1.03. The van der Waals surface area contributed by atoms with Gasteiger partial charge in [-0.25, -0.2) is 9.69 Å². The number of ether oxygens (including phenoxy) is 1. The Morgan fingerprint density at radius 3 is 2.24 bits per heavy atom. The van der Waals surface area contributed by atoms with Crippen LogP contribution in [0.5, 0.6) is 0 Å². The summed E-state index contributed by atoms with van der Waals surface area (Å²) in [6.45, 7) is 6.73. The van der Waals surface area contributed by atoms with Crippen LogP contribution in [0.1, 0.15) is 55.2 Å². The van der Waals surface area contributed by atoms with Crippen molar-refractivity contribution >= 4 is 35.5 Å². The molecule has 4 atom stereocenters. The van der Waals surface area contributed by atoms with Crippen molar-refractivity contribution in [3.05, 3.63) is 65.2 Å². The molecule has 8 nitrogen and oxygen atoms in total. The summed E-state index contributed by atoms with van der Waals surface area (Å²) in [5.74, 6) is -3.29. The van der Waals surface area contributed by atoms with Crippen molar-refractivity contribution in [1.29, 1.82) is 0 Å². The SMILES string of the molecule is CC(=O)c1ccc(N2C(=O)[C@@H]3[C@@H](C2=O)[C@H]2c4ccccc4C=NN2[C@@H]3C(=O)OC(C)(C)C)cc1. The molecule has 2 fully saturated rings. The number of hydrogen-bond acceptors (Lipinski definition) is 7. The van der Waals surface area contributed by atoms with E-state index in [0.29, 0.717) is 11.3 Å². The van der Waals surface area contributed by atoms with E-state index in [4.69, 9.17) is 4.74 Å². The number of fused-ring (bicyclic) bond motifs is 5. The lowest BCUT2D eigenvalue weighted by atomic mass is 9.85. The molecular weight excluding hydrogens is 434 g/mol. The Bertz CT molecular complexity index is 1240. The van der Waals surface area contributed by atoms with Gasteiger partial charge in [-0.05, 0) is 63.1 Å². The number of benzene rings is 2. The molecule has 8 heteroatoms. The zero-order chi connectivity index (χ0) is 24.4. The fourth-order valence-electron chi connectivity index (χ4n) is 5.10. The summed E-state index contributed by atoms with van der Waals surface area (Å²) in [6.07, 6.45) is 1.65. The molecule has 3 aliphatic rings. The van der Waals surface area contributed by atoms with Gasteiger partial charge in [-0.3, -0.25) is 19.4 Å². The van der Waals surface area contributed by atoms with Crippen LogP contribution in [0.2, 0.25) is 0 Å². The van der Waals surface area contributed by atoms with Crippen molar-refractivity contribution < 1.29 is 23.9 Å². The minimum Gasteiger partial charge on any atom is -0.458 e. The second kappa shape index (κ2) is 7.62. The maximum atomic E-state index is 13.7. The van der Waals surface area contributed by atoms with Gasteiger partial charge in [0, 0.05) is 5.56 Å². The van der Waals surface area contributed by atoms with E-state index in [0.717, 1.165) is 16.0 Å².